The summed E-state index contributed by atoms with van der Waals surface area (Å²) in [5.74, 6) is 1.37. The molecule has 128 valence electrons. The van der Waals surface area contributed by atoms with Crippen LogP contribution >= 0.6 is 11.3 Å². The van der Waals surface area contributed by atoms with E-state index in [1.165, 1.54) is 11.3 Å². The second-order valence-corrected chi connectivity index (χ2v) is 7.61. The van der Waals surface area contributed by atoms with Gasteiger partial charge in [-0.1, -0.05) is 13.3 Å². The van der Waals surface area contributed by atoms with Gasteiger partial charge in [-0.05, 0) is 18.9 Å². The Morgan fingerprint density at radius 3 is 2.78 bits per heavy atom. The maximum atomic E-state index is 12.9. The van der Waals surface area contributed by atoms with Gasteiger partial charge in [0.2, 0.25) is 0 Å². The largest absolute Gasteiger partial charge is 0.495 e. The summed E-state index contributed by atoms with van der Waals surface area (Å²) in [4.78, 5) is 19.3. The molecule has 0 spiro atoms. The van der Waals surface area contributed by atoms with Gasteiger partial charge in [0.05, 0.1) is 20.3 Å². The number of methoxy groups -OCH3 is 1. The molecule has 6 heteroatoms. The van der Waals surface area contributed by atoms with Crippen molar-refractivity contribution in [2.45, 2.75) is 26.3 Å². The minimum atomic E-state index is 0.120. The lowest BCUT2D eigenvalue weighted by atomic mass is 9.99. The number of hydrogen-bond acceptors (Lipinski definition) is 5. The SMILES string of the molecule is CCC1CN(C(=O)c2sc(C)cc2OC)CC1N1CCOCC1. The zero-order valence-electron chi connectivity index (χ0n) is 14.2. The predicted octanol–water partition coefficient (Wildman–Crippen LogP) is 2.25. The third kappa shape index (κ3) is 3.39. The third-order valence-corrected chi connectivity index (χ3v) is 5.99. The van der Waals surface area contributed by atoms with Crippen LogP contribution in [0.3, 0.4) is 0 Å². The molecule has 0 saturated carbocycles. The van der Waals surface area contributed by atoms with Crippen molar-refractivity contribution in [2.75, 3.05) is 46.5 Å². The summed E-state index contributed by atoms with van der Waals surface area (Å²) < 4.78 is 10.8. The normalized spacial score (nSPS) is 25.8. The minimum absolute atomic E-state index is 0.120. The molecular weight excluding hydrogens is 312 g/mol. The molecule has 0 bridgehead atoms. The summed E-state index contributed by atoms with van der Waals surface area (Å²) in [6, 6.07) is 2.41. The van der Waals surface area contributed by atoms with E-state index in [0.29, 0.717) is 17.7 Å². The highest BCUT2D eigenvalue weighted by Crippen LogP contribution is 2.33. The molecule has 0 radical (unpaired) electrons. The number of likely N-dealkylation sites (tertiary alicyclic amines) is 1. The topological polar surface area (TPSA) is 42.0 Å². The molecule has 2 saturated heterocycles. The predicted molar refractivity (Wildman–Crippen MR) is 91.5 cm³/mol. The van der Waals surface area contributed by atoms with Crippen molar-refractivity contribution in [1.82, 2.24) is 9.80 Å². The number of carbonyl (C=O) groups excluding carboxylic acids is 1. The van der Waals surface area contributed by atoms with E-state index < -0.39 is 0 Å². The lowest BCUT2D eigenvalue weighted by molar-refractivity contribution is 0.0103. The van der Waals surface area contributed by atoms with Crippen LogP contribution in [0.4, 0.5) is 0 Å². The van der Waals surface area contributed by atoms with Crippen molar-refractivity contribution in [3.63, 3.8) is 0 Å². The third-order valence-electron chi connectivity index (χ3n) is 4.97. The molecule has 0 N–H and O–H groups in total. The van der Waals surface area contributed by atoms with Crippen LogP contribution in [0.15, 0.2) is 6.07 Å². The van der Waals surface area contributed by atoms with E-state index in [2.05, 4.69) is 11.8 Å². The minimum Gasteiger partial charge on any atom is -0.495 e. The lowest BCUT2D eigenvalue weighted by Gasteiger charge is -2.34. The standard InChI is InChI=1S/C17H26N2O3S/c1-4-13-10-19(11-14(13)18-5-7-22-8-6-18)17(20)16-15(21-3)9-12(2)23-16/h9,13-14H,4-8,10-11H2,1-3H3. The second kappa shape index (κ2) is 7.20. The highest BCUT2D eigenvalue weighted by atomic mass is 32.1. The fraction of sp³-hybridized carbons (Fsp3) is 0.706. The molecule has 0 aromatic carbocycles. The van der Waals surface area contributed by atoms with Gasteiger partial charge in [0.15, 0.2) is 0 Å². The lowest BCUT2D eigenvalue weighted by Crippen LogP contribution is -2.47. The number of morpholine rings is 1. The van der Waals surface area contributed by atoms with Crippen LogP contribution < -0.4 is 4.74 Å². The van der Waals surface area contributed by atoms with E-state index in [1.54, 1.807) is 7.11 Å². The highest BCUT2D eigenvalue weighted by Gasteiger charge is 2.39. The molecule has 2 unspecified atom stereocenters. The van der Waals surface area contributed by atoms with Crippen LogP contribution in [-0.2, 0) is 4.74 Å². The number of thiophene rings is 1. The molecule has 1 aromatic heterocycles. The van der Waals surface area contributed by atoms with Crippen molar-refractivity contribution in [2.24, 2.45) is 5.92 Å². The first kappa shape index (κ1) is 16.7. The Hall–Kier alpha value is -1.11. The average molecular weight is 338 g/mol. The fourth-order valence-corrected chi connectivity index (χ4v) is 4.63. The maximum absolute atomic E-state index is 12.9. The summed E-state index contributed by atoms with van der Waals surface area (Å²) in [6.07, 6.45) is 1.10. The van der Waals surface area contributed by atoms with Gasteiger partial charge in [0, 0.05) is 37.1 Å². The number of amides is 1. The molecule has 2 aliphatic heterocycles. The molecule has 1 aromatic rings. The zero-order valence-corrected chi connectivity index (χ0v) is 15.0. The molecule has 5 nitrogen and oxygen atoms in total. The number of nitrogens with zero attached hydrogens (tertiary/aromatic N) is 2. The molecular formula is C17H26N2O3S. The van der Waals surface area contributed by atoms with Crippen LogP contribution in [-0.4, -0.2) is 68.3 Å². The molecule has 2 atom stereocenters. The van der Waals surface area contributed by atoms with Gasteiger partial charge in [-0.3, -0.25) is 9.69 Å². The number of hydrogen-bond donors (Lipinski definition) is 0. The Labute approximate surface area is 142 Å². The Morgan fingerprint density at radius 2 is 2.13 bits per heavy atom. The maximum Gasteiger partial charge on any atom is 0.267 e. The van der Waals surface area contributed by atoms with Gasteiger partial charge in [-0.2, -0.15) is 0 Å². The van der Waals surface area contributed by atoms with Crippen molar-refractivity contribution < 1.29 is 14.3 Å². The van der Waals surface area contributed by atoms with E-state index in [0.717, 1.165) is 55.6 Å². The van der Waals surface area contributed by atoms with Crippen molar-refractivity contribution in [1.29, 1.82) is 0 Å². The molecule has 3 rings (SSSR count). The van der Waals surface area contributed by atoms with Crippen LogP contribution in [0.25, 0.3) is 0 Å². The van der Waals surface area contributed by atoms with E-state index in [-0.39, 0.29) is 5.91 Å². The first-order chi connectivity index (χ1) is 11.1. The van der Waals surface area contributed by atoms with Crippen molar-refractivity contribution >= 4 is 17.2 Å². The second-order valence-electron chi connectivity index (χ2n) is 6.35. The van der Waals surface area contributed by atoms with Gasteiger partial charge in [0.25, 0.3) is 5.91 Å². The summed E-state index contributed by atoms with van der Waals surface area (Å²) in [5, 5.41) is 0. The summed E-state index contributed by atoms with van der Waals surface area (Å²) in [6.45, 7) is 9.46. The van der Waals surface area contributed by atoms with E-state index >= 15 is 0 Å². The first-order valence-corrected chi connectivity index (χ1v) is 9.21. The number of rotatable bonds is 4. The fourth-order valence-electron chi connectivity index (χ4n) is 3.68. The molecule has 2 aliphatic rings. The monoisotopic (exact) mass is 338 g/mol. The van der Waals surface area contributed by atoms with Gasteiger partial charge < -0.3 is 14.4 Å². The van der Waals surface area contributed by atoms with Crippen molar-refractivity contribution in [3.05, 3.63) is 15.8 Å². The zero-order chi connectivity index (χ0) is 16.4. The Kier molecular flexibility index (Phi) is 5.24. The smallest absolute Gasteiger partial charge is 0.267 e. The quantitative estimate of drug-likeness (QED) is 0.844. The van der Waals surface area contributed by atoms with Crippen molar-refractivity contribution in [3.8, 4) is 5.75 Å². The number of aryl methyl sites for hydroxylation is 1. The number of carbonyl (C=O) groups is 1. The van der Waals surface area contributed by atoms with E-state index in [4.69, 9.17) is 9.47 Å². The Bertz CT molecular complexity index is 554. The highest BCUT2D eigenvalue weighted by molar-refractivity contribution is 7.14. The van der Waals surface area contributed by atoms with E-state index in [1.807, 2.05) is 17.9 Å². The molecule has 0 aliphatic carbocycles. The molecule has 3 heterocycles. The van der Waals surface area contributed by atoms with Crippen LogP contribution in [0, 0.1) is 12.8 Å². The summed E-state index contributed by atoms with van der Waals surface area (Å²) >= 11 is 1.53. The van der Waals surface area contributed by atoms with Gasteiger partial charge in [-0.25, -0.2) is 0 Å². The Balaban J connectivity index is 1.74. The van der Waals surface area contributed by atoms with Crippen LogP contribution in [0.5, 0.6) is 5.75 Å². The molecule has 23 heavy (non-hydrogen) atoms. The molecule has 2 fully saturated rings. The first-order valence-electron chi connectivity index (χ1n) is 8.39. The van der Waals surface area contributed by atoms with Gasteiger partial charge in [0.1, 0.15) is 10.6 Å². The number of ether oxygens (including phenoxy) is 2. The van der Waals surface area contributed by atoms with Crippen LogP contribution in [0.2, 0.25) is 0 Å². The van der Waals surface area contributed by atoms with Crippen LogP contribution in [0.1, 0.15) is 27.9 Å². The molecule has 1 amide bonds. The average Bonchev–Trinajstić information content (AvgIpc) is 3.18. The van der Waals surface area contributed by atoms with E-state index in [9.17, 15) is 4.79 Å². The summed E-state index contributed by atoms with van der Waals surface area (Å²) in [7, 11) is 1.63. The summed E-state index contributed by atoms with van der Waals surface area (Å²) in [5.41, 5.74) is 0. The Morgan fingerprint density at radius 1 is 1.39 bits per heavy atom. The van der Waals surface area contributed by atoms with Gasteiger partial charge in [-0.15, -0.1) is 11.3 Å². The van der Waals surface area contributed by atoms with Gasteiger partial charge >= 0.3 is 0 Å².